The number of amides is 1. The van der Waals surface area contributed by atoms with Crippen LogP contribution in [0.2, 0.25) is 0 Å². The molecule has 2 aromatic carbocycles. The molecule has 3 rings (SSSR count). The summed E-state index contributed by atoms with van der Waals surface area (Å²) in [6, 6.07) is 13.5. The maximum absolute atomic E-state index is 12.5. The maximum Gasteiger partial charge on any atom is 0.271 e. The lowest BCUT2D eigenvalue weighted by atomic mass is 10.2. The second-order valence-electron chi connectivity index (χ2n) is 7.24. The van der Waals surface area contributed by atoms with Crippen molar-refractivity contribution < 1.29 is 18.1 Å². The van der Waals surface area contributed by atoms with Gasteiger partial charge in [0.1, 0.15) is 0 Å². The molecule has 0 radical (unpaired) electrons. The van der Waals surface area contributed by atoms with Crippen LogP contribution in [0, 0.1) is 17.0 Å². The van der Waals surface area contributed by atoms with E-state index in [2.05, 4.69) is 5.32 Å². The lowest BCUT2D eigenvalue weighted by molar-refractivity contribution is -0.384. The predicted molar refractivity (Wildman–Crippen MR) is 119 cm³/mol. The molecular formula is C21H24N4O5S. The molecule has 9 nitrogen and oxygen atoms in total. The van der Waals surface area contributed by atoms with Gasteiger partial charge in [-0.25, -0.2) is 8.42 Å². The maximum atomic E-state index is 12.5. The number of benzene rings is 2. The summed E-state index contributed by atoms with van der Waals surface area (Å²) in [7, 11) is -3.54. The van der Waals surface area contributed by atoms with Crippen LogP contribution in [0.15, 0.2) is 53.9 Å². The molecule has 0 unspecified atom stereocenters. The zero-order valence-electron chi connectivity index (χ0n) is 17.1. The van der Waals surface area contributed by atoms with E-state index in [1.54, 1.807) is 19.1 Å². The number of anilines is 1. The highest BCUT2D eigenvalue weighted by Crippen LogP contribution is 2.22. The molecule has 1 amide bonds. The van der Waals surface area contributed by atoms with Crippen LogP contribution < -0.4 is 5.32 Å². The smallest absolute Gasteiger partial charge is 0.271 e. The molecule has 2 aromatic rings. The number of piperazine rings is 1. The molecule has 164 valence electrons. The SMILES string of the molecule is Cc1ccc([N+](=O)[O-])cc1NC(=O)CN1CCN(S(=O)(=O)C=Cc2ccccc2)CC1. The van der Waals surface area contributed by atoms with Crippen LogP contribution in [0.1, 0.15) is 11.1 Å². The summed E-state index contributed by atoms with van der Waals surface area (Å²) in [5.74, 6) is -0.302. The number of carbonyl (C=O) groups excluding carboxylic acids is 1. The van der Waals surface area contributed by atoms with Crippen LogP contribution >= 0.6 is 0 Å². The van der Waals surface area contributed by atoms with Crippen LogP contribution in [0.5, 0.6) is 0 Å². The van der Waals surface area contributed by atoms with Gasteiger partial charge in [-0.1, -0.05) is 36.4 Å². The number of rotatable bonds is 7. The molecule has 0 saturated carbocycles. The molecule has 0 aromatic heterocycles. The van der Waals surface area contributed by atoms with Crippen molar-refractivity contribution in [2.24, 2.45) is 0 Å². The summed E-state index contributed by atoms with van der Waals surface area (Å²) >= 11 is 0. The standard InChI is InChI=1S/C21H24N4O5S/c1-17-7-8-19(25(27)28)15-20(17)22-21(26)16-23-10-12-24(13-11-23)31(29,30)14-9-18-5-3-2-4-6-18/h2-9,14-15H,10-13,16H2,1H3,(H,22,26). The number of hydrogen-bond acceptors (Lipinski definition) is 6. The quantitative estimate of drug-likeness (QED) is 0.518. The van der Waals surface area contributed by atoms with Crippen LogP contribution in [-0.4, -0.2) is 61.2 Å². The van der Waals surface area contributed by atoms with Crippen molar-refractivity contribution in [3.05, 3.63) is 75.2 Å². The van der Waals surface area contributed by atoms with E-state index in [1.165, 1.54) is 21.8 Å². The van der Waals surface area contributed by atoms with Gasteiger partial charge in [0.2, 0.25) is 15.9 Å². The highest BCUT2D eigenvalue weighted by molar-refractivity contribution is 7.92. The van der Waals surface area contributed by atoms with E-state index >= 15 is 0 Å². The van der Waals surface area contributed by atoms with E-state index in [-0.39, 0.29) is 31.2 Å². The first-order valence-corrected chi connectivity index (χ1v) is 11.3. The molecule has 0 spiro atoms. The van der Waals surface area contributed by atoms with Crippen molar-refractivity contribution in [2.45, 2.75) is 6.92 Å². The monoisotopic (exact) mass is 444 g/mol. The second kappa shape index (κ2) is 9.82. The summed E-state index contributed by atoms with van der Waals surface area (Å²) in [6.45, 7) is 3.23. The van der Waals surface area contributed by atoms with Gasteiger partial charge in [-0.15, -0.1) is 0 Å². The first kappa shape index (κ1) is 22.6. The number of hydrogen-bond donors (Lipinski definition) is 1. The van der Waals surface area contributed by atoms with Gasteiger partial charge in [0.25, 0.3) is 5.69 Å². The number of nitro groups is 1. The fourth-order valence-electron chi connectivity index (χ4n) is 3.21. The zero-order chi connectivity index (χ0) is 22.4. The Labute approximate surface area is 181 Å². The highest BCUT2D eigenvalue weighted by Gasteiger charge is 2.26. The Balaban J connectivity index is 1.53. The fourth-order valence-corrected chi connectivity index (χ4v) is 4.38. The minimum Gasteiger partial charge on any atom is -0.324 e. The molecule has 1 heterocycles. The van der Waals surface area contributed by atoms with Crippen molar-refractivity contribution in [1.29, 1.82) is 0 Å². The molecule has 0 atom stereocenters. The van der Waals surface area contributed by atoms with Crippen molar-refractivity contribution in [1.82, 2.24) is 9.21 Å². The van der Waals surface area contributed by atoms with E-state index in [0.29, 0.717) is 18.8 Å². The van der Waals surface area contributed by atoms with Crippen molar-refractivity contribution in [3.63, 3.8) is 0 Å². The van der Waals surface area contributed by atoms with Gasteiger partial charge >= 0.3 is 0 Å². The predicted octanol–water partition coefficient (Wildman–Crippen LogP) is 2.46. The molecule has 10 heteroatoms. The second-order valence-corrected chi connectivity index (χ2v) is 9.06. The van der Waals surface area contributed by atoms with E-state index in [0.717, 1.165) is 11.1 Å². The number of nitrogens with zero attached hydrogens (tertiary/aromatic N) is 3. The van der Waals surface area contributed by atoms with Gasteiger partial charge in [-0.05, 0) is 24.1 Å². The third-order valence-electron chi connectivity index (χ3n) is 5.00. The summed E-state index contributed by atoms with van der Waals surface area (Å²) < 4.78 is 26.5. The summed E-state index contributed by atoms with van der Waals surface area (Å²) in [5, 5.41) is 14.8. The average molecular weight is 445 g/mol. The van der Waals surface area contributed by atoms with E-state index < -0.39 is 14.9 Å². The Morgan fingerprint density at radius 1 is 1.13 bits per heavy atom. The molecule has 1 saturated heterocycles. The first-order chi connectivity index (χ1) is 14.7. The third kappa shape index (κ3) is 6.20. The minimum absolute atomic E-state index is 0.0792. The Kier molecular flexibility index (Phi) is 7.16. The minimum atomic E-state index is -3.54. The van der Waals surface area contributed by atoms with E-state index in [4.69, 9.17) is 0 Å². The van der Waals surface area contributed by atoms with Crippen LogP contribution in [0.3, 0.4) is 0 Å². The summed E-state index contributed by atoms with van der Waals surface area (Å²) in [4.78, 5) is 24.7. The van der Waals surface area contributed by atoms with Crippen molar-refractivity contribution in [2.75, 3.05) is 38.0 Å². The number of non-ortho nitro benzene ring substituents is 1. The van der Waals surface area contributed by atoms with Gasteiger partial charge in [0, 0.05) is 43.7 Å². The largest absolute Gasteiger partial charge is 0.324 e. The molecule has 0 aliphatic carbocycles. The van der Waals surface area contributed by atoms with Gasteiger partial charge in [-0.2, -0.15) is 4.31 Å². The molecular weight excluding hydrogens is 420 g/mol. The average Bonchev–Trinajstić information content (AvgIpc) is 2.75. The third-order valence-corrected chi connectivity index (χ3v) is 6.56. The van der Waals surface area contributed by atoms with Crippen LogP contribution in [-0.2, 0) is 14.8 Å². The Bertz CT molecular complexity index is 1080. The molecule has 31 heavy (non-hydrogen) atoms. The summed E-state index contributed by atoms with van der Waals surface area (Å²) in [6.07, 6.45) is 1.57. The first-order valence-electron chi connectivity index (χ1n) is 9.75. The molecule has 1 aliphatic heterocycles. The number of carbonyl (C=O) groups is 1. The van der Waals surface area contributed by atoms with Crippen molar-refractivity contribution in [3.8, 4) is 0 Å². The topological polar surface area (TPSA) is 113 Å². The normalized spacial score (nSPS) is 15.8. The van der Waals surface area contributed by atoms with Crippen LogP contribution in [0.4, 0.5) is 11.4 Å². The number of nitro benzene ring substituents is 1. The number of sulfonamides is 1. The fraction of sp³-hybridized carbons (Fsp3) is 0.286. The van der Waals surface area contributed by atoms with Crippen molar-refractivity contribution >= 4 is 33.4 Å². The Morgan fingerprint density at radius 2 is 1.81 bits per heavy atom. The van der Waals surface area contributed by atoms with Gasteiger partial charge < -0.3 is 5.32 Å². The molecule has 1 N–H and O–H groups in total. The van der Waals surface area contributed by atoms with Crippen LogP contribution in [0.25, 0.3) is 6.08 Å². The molecule has 1 fully saturated rings. The zero-order valence-corrected chi connectivity index (χ0v) is 17.9. The lowest BCUT2D eigenvalue weighted by Crippen LogP contribution is -2.49. The lowest BCUT2D eigenvalue weighted by Gasteiger charge is -2.32. The van der Waals surface area contributed by atoms with E-state index in [9.17, 15) is 23.3 Å². The van der Waals surface area contributed by atoms with Gasteiger partial charge in [-0.3, -0.25) is 19.8 Å². The van der Waals surface area contributed by atoms with E-state index in [1.807, 2.05) is 35.2 Å². The van der Waals surface area contributed by atoms with Gasteiger partial charge in [0.05, 0.1) is 17.2 Å². The Hall–Kier alpha value is -3.08. The highest BCUT2D eigenvalue weighted by atomic mass is 32.2. The number of nitrogens with one attached hydrogen (secondary N) is 1. The number of aryl methyl sites for hydroxylation is 1. The summed E-state index contributed by atoms with van der Waals surface area (Å²) in [5.41, 5.74) is 1.83. The molecule has 0 bridgehead atoms. The molecule has 1 aliphatic rings. The van der Waals surface area contributed by atoms with Gasteiger partial charge in [0.15, 0.2) is 0 Å². The Morgan fingerprint density at radius 3 is 2.45 bits per heavy atom.